The molecule has 5 nitrogen and oxygen atoms in total. The predicted molar refractivity (Wildman–Crippen MR) is 34.6 cm³/mol. The van der Waals surface area contributed by atoms with Crippen molar-refractivity contribution in [3.8, 4) is 0 Å². The molecule has 0 aromatic heterocycles. The fraction of sp³-hybridized carbons (Fsp3) is 1.00. The zero-order valence-corrected chi connectivity index (χ0v) is 6.14. The quantitative estimate of drug-likeness (QED) is 0.353. The van der Waals surface area contributed by atoms with Gasteiger partial charge in [0.1, 0.15) is 18.3 Å². The fourth-order valence-electron chi connectivity index (χ4n) is 1.11. The fourth-order valence-corrected chi connectivity index (χ4v) is 1.11. The Morgan fingerprint density at radius 1 is 1.45 bits per heavy atom. The molecule has 4 atom stereocenters. The summed E-state index contributed by atoms with van der Waals surface area (Å²) in [6.45, 7) is 0.810. The normalized spacial score (nSPS) is 51.5. The van der Waals surface area contributed by atoms with Crippen LogP contribution < -0.4 is 0 Å². The molecule has 0 saturated carbocycles. The van der Waals surface area contributed by atoms with Crippen molar-refractivity contribution in [1.29, 1.82) is 0 Å². The predicted octanol–water partition coefficient (Wildman–Crippen LogP) is -2.19. The molecule has 1 rings (SSSR count). The van der Waals surface area contributed by atoms with Gasteiger partial charge in [0.2, 0.25) is 0 Å². The van der Waals surface area contributed by atoms with Gasteiger partial charge < -0.3 is 25.2 Å². The zero-order valence-electron chi connectivity index (χ0n) is 6.14. The molecule has 0 bridgehead atoms. The van der Waals surface area contributed by atoms with Crippen LogP contribution in [0.25, 0.3) is 0 Å². The average Bonchev–Trinajstić information content (AvgIpc) is 2.13. The van der Waals surface area contributed by atoms with Crippen molar-refractivity contribution in [2.75, 3.05) is 6.61 Å². The van der Waals surface area contributed by atoms with E-state index in [0.29, 0.717) is 0 Å². The smallest absolute Gasteiger partial charge is 0.192 e. The van der Waals surface area contributed by atoms with Crippen LogP contribution in [0.2, 0.25) is 0 Å². The largest absolute Gasteiger partial charge is 0.394 e. The number of rotatable bonds is 1. The van der Waals surface area contributed by atoms with E-state index in [1.165, 1.54) is 6.92 Å². The molecule has 1 aliphatic heterocycles. The van der Waals surface area contributed by atoms with E-state index < -0.39 is 30.7 Å². The summed E-state index contributed by atoms with van der Waals surface area (Å²) in [5, 5.41) is 36.0. The zero-order chi connectivity index (χ0) is 8.65. The molecule has 0 radical (unpaired) electrons. The third-order valence-corrected chi connectivity index (χ3v) is 1.82. The van der Waals surface area contributed by atoms with Crippen molar-refractivity contribution in [2.24, 2.45) is 0 Å². The summed E-state index contributed by atoms with van der Waals surface area (Å²) < 4.78 is 4.73. The van der Waals surface area contributed by atoms with Crippen molar-refractivity contribution in [3.63, 3.8) is 0 Å². The Bertz CT molecular complexity index is 146. The Kier molecular flexibility index (Phi) is 2.17. The molecule has 0 spiro atoms. The lowest BCUT2D eigenvalue weighted by Crippen LogP contribution is -2.40. The van der Waals surface area contributed by atoms with E-state index >= 15 is 0 Å². The maximum absolute atomic E-state index is 9.19. The Morgan fingerprint density at radius 3 is 2.18 bits per heavy atom. The van der Waals surface area contributed by atoms with Crippen LogP contribution in [0, 0.1) is 0 Å². The lowest BCUT2D eigenvalue weighted by molar-refractivity contribution is -0.217. The van der Waals surface area contributed by atoms with Crippen LogP contribution >= 0.6 is 0 Å². The van der Waals surface area contributed by atoms with Crippen LogP contribution in [0.5, 0.6) is 0 Å². The molecule has 1 saturated heterocycles. The van der Waals surface area contributed by atoms with Crippen LogP contribution in [0.3, 0.4) is 0 Å². The molecule has 0 amide bonds. The molecule has 1 unspecified atom stereocenters. The molecule has 1 fully saturated rings. The van der Waals surface area contributed by atoms with Crippen LogP contribution in [-0.2, 0) is 4.74 Å². The van der Waals surface area contributed by atoms with Crippen LogP contribution in [-0.4, -0.2) is 51.1 Å². The van der Waals surface area contributed by atoms with Crippen LogP contribution in [0.4, 0.5) is 0 Å². The first kappa shape index (κ1) is 8.89. The first-order valence-electron chi connectivity index (χ1n) is 3.36. The van der Waals surface area contributed by atoms with Crippen molar-refractivity contribution in [2.45, 2.75) is 31.0 Å². The number of aliphatic hydroxyl groups is 4. The summed E-state index contributed by atoms with van der Waals surface area (Å²) in [6, 6.07) is 0. The van der Waals surface area contributed by atoms with Gasteiger partial charge in [-0.3, -0.25) is 0 Å². The Hall–Kier alpha value is -0.200. The topological polar surface area (TPSA) is 90.2 Å². The molecule has 11 heavy (non-hydrogen) atoms. The second-order valence-electron chi connectivity index (χ2n) is 2.83. The van der Waals surface area contributed by atoms with Crippen LogP contribution in [0.15, 0.2) is 0 Å². The molecule has 1 heterocycles. The molecular weight excluding hydrogens is 152 g/mol. The van der Waals surface area contributed by atoms with Gasteiger partial charge in [-0.1, -0.05) is 0 Å². The van der Waals surface area contributed by atoms with Gasteiger partial charge in [0.15, 0.2) is 5.79 Å². The molecule has 0 aromatic rings. The highest BCUT2D eigenvalue weighted by atomic mass is 16.7. The summed E-state index contributed by atoms with van der Waals surface area (Å²) in [4.78, 5) is 0. The van der Waals surface area contributed by atoms with E-state index in [2.05, 4.69) is 0 Å². The summed E-state index contributed by atoms with van der Waals surface area (Å²) >= 11 is 0. The van der Waals surface area contributed by atoms with Gasteiger partial charge in [0.05, 0.1) is 6.61 Å². The lowest BCUT2D eigenvalue weighted by Gasteiger charge is -2.19. The average molecular weight is 164 g/mol. The van der Waals surface area contributed by atoms with E-state index in [4.69, 9.17) is 20.1 Å². The van der Waals surface area contributed by atoms with E-state index in [9.17, 15) is 5.11 Å². The molecule has 5 heteroatoms. The van der Waals surface area contributed by atoms with E-state index in [1.807, 2.05) is 0 Å². The maximum atomic E-state index is 9.19. The molecule has 1 aliphatic rings. The number of hydrogen-bond acceptors (Lipinski definition) is 5. The monoisotopic (exact) mass is 164 g/mol. The van der Waals surface area contributed by atoms with Crippen LogP contribution in [0.1, 0.15) is 6.92 Å². The second-order valence-corrected chi connectivity index (χ2v) is 2.83. The third-order valence-electron chi connectivity index (χ3n) is 1.82. The van der Waals surface area contributed by atoms with Gasteiger partial charge in [0, 0.05) is 0 Å². The van der Waals surface area contributed by atoms with Gasteiger partial charge in [-0.25, -0.2) is 0 Å². The van der Waals surface area contributed by atoms with E-state index in [0.717, 1.165) is 0 Å². The highest BCUT2D eigenvalue weighted by Gasteiger charge is 2.49. The van der Waals surface area contributed by atoms with Gasteiger partial charge in [0.25, 0.3) is 0 Å². The summed E-state index contributed by atoms with van der Waals surface area (Å²) in [5.74, 6) is -1.76. The standard InChI is InChI=1S/C6H12O5/c1-6(10)5(9)4(8)3(2-7)11-6/h3-5,7-10H,2H2,1H3/t3?,4-,5+,6-/m1/s1. The molecule has 0 aromatic carbocycles. The summed E-state index contributed by atoms with van der Waals surface area (Å²) in [5.41, 5.74) is 0. The SMILES string of the molecule is C[C@@]1(O)OC(CO)[C@@H](O)[C@@H]1O. The first-order valence-corrected chi connectivity index (χ1v) is 3.36. The summed E-state index contributed by atoms with van der Waals surface area (Å²) in [7, 11) is 0. The Morgan fingerprint density at radius 2 is 2.00 bits per heavy atom. The first-order chi connectivity index (χ1) is 4.99. The van der Waals surface area contributed by atoms with Gasteiger partial charge in [-0.05, 0) is 6.92 Å². The third kappa shape index (κ3) is 1.38. The minimum Gasteiger partial charge on any atom is -0.394 e. The van der Waals surface area contributed by atoms with Crippen molar-refractivity contribution in [1.82, 2.24) is 0 Å². The lowest BCUT2D eigenvalue weighted by atomic mass is 10.1. The van der Waals surface area contributed by atoms with Gasteiger partial charge in [-0.15, -0.1) is 0 Å². The highest BCUT2D eigenvalue weighted by molar-refractivity contribution is 4.92. The van der Waals surface area contributed by atoms with Gasteiger partial charge >= 0.3 is 0 Å². The number of ether oxygens (including phenoxy) is 1. The van der Waals surface area contributed by atoms with Crippen molar-refractivity contribution in [3.05, 3.63) is 0 Å². The summed E-state index contributed by atoms with van der Waals surface area (Å²) in [6.07, 6.45) is -3.49. The number of aliphatic hydroxyl groups excluding tert-OH is 3. The maximum Gasteiger partial charge on any atom is 0.192 e. The van der Waals surface area contributed by atoms with Crippen molar-refractivity contribution < 1.29 is 25.2 Å². The van der Waals surface area contributed by atoms with E-state index in [1.54, 1.807) is 0 Å². The molecular formula is C6H12O5. The Labute approximate surface area is 63.8 Å². The Balaban J connectivity index is 2.69. The highest BCUT2D eigenvalue weighted by Crippen LogP contribution is 2.27. The minimum absolute atomic E-state index is 0.422. The molecule has 66 valence electrons. The van der Waals surface area contributed by atoms with E-state index in [-0.39, 0.29) is 0 Å². The van der Waals surface area contributed by atoms with Crippen molar-refractivity contribution >= 4 is 0 Å². The minimum atomic E-state index is -1.76. The molecule has 0 aliphatic carbocycles. The second kappa shape index (κ2) is 2.69. The number of hydrogen-bond donors (Lipinski definition) is 4. The van der Waals surface area contributed by atoms with Gasteiger partial charge in [-0.2, -0.15) is 0 Å². The molecule has 4 N–H and O–H groups in total.